The molecule has 0 heterocycles. The van der Waals surface area contributed by atoms with Gasteiger partial charge in [0.05, 0.1) is 13.0 Å². The number of aryl methyl sites for hydroxylation is 1. The number of hydrogen-bond donors (Lipinski definition) is 0. The quantitative estimate of drug-likeness (QED) is 0.575. The van der Waals surface area contributed by atoms with E-state index in [-0.39, 0.29) is 11.9 Å². The van der Waals surface area contributed by atoms with Crippen LogP contribution in [0.3, 0.4) is 0 Å². The second-order valence-electron chi connectivity index (χ2n) is 4.18. The van der Waals surface area contributed by atoms with Crippen LogP contribution in [-0.4, -0.2) is 19.0 Å². The van der Waals surface area contributed by atoms with Crippen molar-refractivity contribution in [2.75, 3.05) is 13.0 Å². The molecule has 0 unspecified atom stereocenters. The second-order valence-corrected chi connectivity index (χ2v) is 4.56. The smallest absolute Gasteiger partial charge is 0.308 e. The van der Waals surface area contributed by atoms with Crippen molar-refractivity contribution >= 4 is 17.6 Å². The Morgan fingerprint density at radius 3 is 2.71 bits per heavy atom. The Kier molecular flexibility index (Phi) is 6.06. The van der Waals surface area contributed by atoms with Crippen LogP contribution in [0.4, 0.5) is 0 Å². The predicted molar refractivity (Wildman–Crippen MR) is 70.3 cm³/mol. The summed E-state index contributed by atoms with van der Waals surface area (Å²) in [5.41, 5.74) is 2.42. The van der Waals surface area contributed by atoms with Gasteiger partial charge in [0, 0.05) is 5.88 Å². The molecule has 1 aromatic carbocycles. The Morgan fingerprint density at radius 2 is 2.12 bits per heavy atom. The van der Waals surface area contributed by atoms with Gasteiger partial charge in [-0.25, -0.2) is 0 Å². The first-order valence-electron chi connectivity index (χ1n) is 5.87. The molecule has 1 atom stereocenters. The minimum Gasteiger partial charge on any atom is -0.469 e. The van der Waals surface area contributed by atoms with E-state index in [0.29, 0.717) is 5.88 Å². The zero-order chi connectivity index (χ0) is 12.7. The largest absolute Gasteiger partial charge is 0.469 e. The number of esters is 1. The summed E-state index contributed by atoms with van der Waals surface area (Å²) in [6.07, 6.45) is 2.36. The third kappa shape index (κ3) is 4.39. The first kappa shape index (κ1) is 14.0. The van der Waals surface area contributed by atoms with Crippen LogP contribution in [0.15, 0.2) is 24.3 Å². The van der Waals surface area contributed by atoms with Gasteiger partial charge in [0.1, 0.15) is 0 Å². The van der Waals surface area contributed by atoms with Crippen molar-refractivity contribution < 1.29 is 9.53 Å². The van der Waals surface area contributed by atoms with E-state index in [0.717, 1.165) is 19.3 Å². The number of hydrogen-bond acceptors (Lipinski definition) is 2. The maximum Gasteiger partial charge on any atom is 0.308 e. The van der Waals surface area contributed by atoms with E-state index >= 15 is 0 Å². The standard InChI is InChI=1S/C14H19ClO2/c1-11-6-3-4-7-12(11)10-13(8-5-9-15)14(16)17-2/h3-4,6-7,13H,5,8-10H2,1-2H3/t13-/m0/s1. The van der Waals surface area contributed by atoms with Crippen molar-refractivity contribution in [3.05, 3.63) is 35.4 Å². The van der Waals surface area contributed by atoms with Crippen LogP contribution in [-0.2, 0) is 16.0 Å². The number of methoxy groups -OCH3 is 1. The summed E-state index contributed by atoms with van der Waals surface area (Å²) in [7, 11) is 1.44. The van der Waals surface area contributed by atoms with Gasteiger partial charge in [-0.3, -0.25) is 4.79 Å². The van der Waals surface area contributed by atoms with Gasteiger partial charge in [0.15, 0.2) is 0 Å². The fraction of sp³-hybridized carbons (Fsp3) is 0.500. The molecular formula is C14H19ClO2. The highest BCUT2D eigenvalue weighted by atomic mass is 35.5. The van der Waals surface area contributed by atoms with E-state index in [9.17, 15) is 4.79 Å². The maximum atomic E-state index is 11.7. The van der Waals surface area contributed by atoms with Gasteiger partial charge in [-0.2, -0.15) is 0 Å². The molecule has 1 aromatic rings. The molecule has 0 aliphatic rings. The lowest BCUT2D eigenvalue weighted by molar-refractivity contribution is -0.145. The van der Waals surface area contributed by atoms with E-state index in [1.807, 2.05) is 12.1 Å². The number of rotatable bonds is 6. The summed E-state index contributed by atoms with van der Waals surface area (Å²) in [4.78, 5) is 11.7. The molecule has 0 radical (unpaired) electrons. The van der Waals surface area contributed by atoms with E-state index in [2.05, 4.69) is 19.1 Å². The van der Waals surface area contributed by atoms with Crippen molar-refractivity contribution in [2.24, 2.45) is 5.92 Å². The van der Waals surface area contributed by atoms with Crippen LogP contribution >= 0.6 is 11.6 Å². The summed E-state index contributed by atoms with van der Waals surface area (Å²) >= 11 is 5.68. The molecule has 94 valence electrons. The average molecular weight is 255 g/mol. The third-order valence-corrected chi connectivity index (χ3v) is 3.22. The molecule has 0 aliphatic heterocycles. The Hall–Kier alpha value is -1.02. The van der Waals surface area contributed by atoms with Gasteiger partial charge >= 0.3 is 5.97 Å². The molecule has 0 aromatic heterocycles. The third-order valence-electron chi connectivity index (χ3n) is 2.95. The summed E-state index contributed by atoms with van der Waals surface area (Å²) in [5.74, 6) is 0.361. The van der Waals surface area contributed by atoms with Crippen molar-refractivity contribution in [3.63, 3.8) is 0 Å². The van der Waals surface area contributed by atoms with Crippen molar-refractivity contribution in [1.29, 1.82) is 0 Å². The lowest BCUT2D eigenvalue weighted by atomic mass is 9.93. The minimum absolute atomic E-state index is 0.0835. The molecule has 1 rings (SSSR count). The lowest BCUT2D eigenvalue weighted by Crippen LogP contribution is -2.19. The summed E-state index contributed by atoms with van der Waals surface area (Å²) in [6.45, 7) is 2.06. The summed E-state index contributed by atoms with van der Waals surface area (Å²) < 4.78 is 4.84. The maximum absolute atomic E-state index is 11.7. The Morgan fingerprint density at radius 1 is 1.41 bits per heavy atom. The monoisotopic (exact) mass is 254 g/mol. The number of alkyl halides is 1. The molecule has 0 bridgehead atoms. The summed E-state index contributed by atoms with van der Waals surface area (Å²) in [6, 6.07) is 8.13. The van der Waals surface area contributed by atoms with Crippen molar-refractivity contribution in [2.45, 2.75) is 26.2 Å². The van der Waals surface area contributed by atoms with Gasteiger partial charge in [0.2, 0.25) is 0 Å². The number of carbonyl (C=O) groups excluding carboxylic acids is 1. The normalized spacial score (nSPS) is 12.2. The molecule has 2 nitrogen and oxygen atoms in total. The van der Waals surface area contributed by atoms with E-state index in [1.165, 1.54) is 18.2 Å². The predicted octanol–water partition coefficient (Wildman–Crippen LogP) is 3.35. The fourth-order valence-corrected chi connectivity index (χ4v) is 2.05. The highest BCUT2D eigenvalue weighted by Crippen LogP contribution is 2.18. The number of halogens is 1. The van der Waals surface area contributed by atoms with Gasteiger partial charge in [-0.1, -0.05) is 24.3 Å². The molecule has 0 aliphatic carbocycles. The zero-order valence-corrected chi connectivity index (χ0v) is 11.2. The zero-order valence-electron chi connectivity index (χ0n) is 10.4. The highest BCUT2D eigenvalue weighted by Gasteiger charge is 2.19. The first-order valence-corrected chi connectivity index (χ1v) is 6.40. The Labute approximate surface area is 108 Å². The van der Waals surface area contributed by atoms with Gasteiger partial charge < -0.3 is 4.74 Å². The minimum atomic E-state index is -0.140. The van der Waals surface area contributed by atoms with Gasteiger partial charge in [0.25, 0.3) is 0 Å². The highest BCUT2D eigenvalue weighted by molar-refractivity contribution is 6.17. The van der Waals surface area contributed by atoms with Crippen LogP contribution in [0.1, 0.15) is 24.0 Å². The average Bonchev–Trinajstić information content (AvgIpc) is 2.35. The van der Waals surface area contributed by atoms with Crippen LogP contribution in [0.5, 0.6) is 0 Å². The van der Waals surface area contributed by atoms with Gasteiger partial charge in [-0.05, 0) is 37.3 Å². The molecule has 0 spiro atoms. The van der Waals surface area contributed by atoms with Gasteiger partial charge in [-0.15, -0.1) is 11.6 Å². The number of ether oxygens (including phenoxy) is 1. The second kappa shape index (κ2) is 7.33. The van der Waals surface area contributed by atoms with Crippen molar-refractivity contribution in [3.8, 4) is 0 Å². The SMILES string of the molecule is COC(=O)[C@@H](CCCCl)Cc1ccccc1C. The van der Waals surface area contributed by atoms with E-state index in [4.69, 9.17) is 16.3 Å². The molecule has 17 heavy (non-hydrogen) atoms. The molecule has 0 N–H and O–H groups in total. The number of benzene rings is 1. The van der Waals surface area contributed by atoms with Crippen LogP contribution in [0.25, 0.3) is 0 Å². The van der Waals surface area contributed by atoms with Crippen LogP contribution < -0.4 is 0 Å². The lowest BCUT2D eigenvalue weighted by Gasteiger charge is -2.15. The molecular weight excluding hydrogens is 236 g/mol. The van der Waals surface area contributed by atoms with E-state index in [1.54, 1.807) is 0 Å². The molecule has 0 saturated carbocycles. The van der Waals surface area contributed by atoms with Crippen LogP contribution in [0, 0.1) is 12.8 Å². The topological polar surface area (TPSA) is 26.3 Å². The van der Waals surface area contributed by atoms with Crippen LogP contribution in [0.2, 0.25) is 0 Å². The van der Waals surface area contributed by atoms with Crippen molar-refractivity contribution in [1.82, 2.24) is 0 Å². The van der Waals surface area contributed by atoms with E-state index < -0.39 is 0 Å². The fourth-order valence-electron chi connectivity index (χ4n) is 1.90. The molecule has 3 heteroatoms. The number of carbonyl (C=O) groups is 1. The Bertz CT molecular complexity index is 363. The molecule has 0 amide bonds. The summed E-state index contributed by atoms with van der Waals surface area (Å²) in [5, 5.41) is 0. The Balaban J connectivity index is 2.72. The first-order chi connectivity index (χ1) is 8.19. The molecule has 0 fully saturated rings. The molecule has 0 saturated heterocycles.